The first-order chi connectivity index (χ1) is 18.7. The zero-order valence-electron chi connectivity index (χ0n) is 21.6. The highest BCUT2D eigenvalue weighted by Gasteiger charge is 2.52. The van der Waals surface area contributed by atoms with Crippen LogP contribution in [0.2, 0.25) is 5.02 Å². The van der Waals surface area contributed by atoms with Gasteiger partial charge in [-0.1, -0.05) is 54.1 Å². The molecule has 3 aromatic rings. The third-order valence-electron chi connectivity index (χ3n) is 6.17. The van der Waals surface area contributed by atoms with Gasteiger partial charge in [-0.25, -0.2) is 4.39 Å². The standard InChI is InChI=1S/C29H28ClFO7S/c1-16(32)35-27-24(15-31)38-26(28(36-17(2)33)29(27)37-18(3)34)20-9-11-23(30)21(13-20)14-22-10-12-25(39-22)19-7-5-4-6-8-19/h4-13,24,26-29H,14-15H2,1-3H3/t24-,26?,27-,28+,29+/m1/s1. The summed E-state index contributed by atoms with van der Waals surface area (Å²) in [6.45, 7) is 2.47. The molecule has 0 saturated carbocycles. The predicted molar refractivity (Wildman–Crippen MR) is 144 cm³/mol. The molecule has 2 aromatic carbocycles. The third-order valence-corrected chi connectivity index (χ3v) is 7.68. The van der Waals surface area contributed by atoms with Crippen molar-refractivity contribution in [3.05, 3.63) is 81.7 Å². The molecular formula is C29H28ClFO7S. The molecule has 39 heavy (non-hydrogen) atoms. The molecule has 206 valence electrons. The van der Waals surface area contributed by atoms with E-state index in [1.54, 1.807) is 29.5 Å². The number of thiophene rings is 1. The number of esters is 3. The molecule has 1 aliphatic rings. The summed E-state index contributed by atoms with van der Waals surface area (Å²) in [6, 6.07) is 19.3. The van der Waals surface area contributed by atoms with Crippen molar-refractivity contribution in [1.82, 2.24) is 0 Å². The van der Waals surface area contributed by atoms with Gasteiger partial charge in [-0.2, -0.15) is 0 Å². The van der Waals surface area contributed by atoms with Crippen molar-refractivity contribution in [2.45, 2.75) is 57.7 Å². The summed E-state index contributed by atoms with van der Waals surface area (Å²) in [5.74, 6) is -2.11. The Hall–Kier alpha value is -3.27. The second-order valence-electron chi connectivity index (χ2n) is 9.13. The largest absolute Gasteiger partial charge is 0.456 e. The number of hydrogen-bond donors (Lipinski definition) is 0. The molecular weight excluding hydrogens is 547 g/mol. The minimum atomic E-state index is -1.31. The summed E-state index contributed by atoms with van der Waals surface area (Å²) in [6.07, 6.45) is -5.58. The highest BCUT2D eigenvalue weighted by Crippen LogP contribution is 2.39. The van der Waals surface area contributed by atoms with E-state index in [-0.39, 0.29) is 0 Å². The molecule has 4 rings (SSSR count). The highest BCUT2D eigenvalue weighted by molar-refractivity contribution is 7.15. The molecule has 0 bridgehead atoms. The first kappa shape index (κ1) is 28.7. The summed E-state index contributed by atoms with van der Waals surface area (Å²) in [4.78, 5) is 38.0. The van der Waals surface area contributed by atoms with Crippen molar-refractivity contribution in [2.24, 2.45) is 0 Å². The van der Waals surface area contributed by atoms with Crippen LogP contribution in [0.4, 0.5) is 4.39 Å². The molecule has 1 saturated heterocycles. The Morgan fingerprint density at radius 3 is 2.15 bits per heavy atom. The lowest BCUT2D eigenvalue weighted by atomic mass is 9.89. The molecule has 7 nitrogen and oxygen atoms in total. The van der Waals surface area contributed by atoms with Crippen molar-refractivity contribution in [2.75, 3.05) is 6.67 Å². The van der Waals surface area contributed by atoms with Gasteiger partial charge in [0.05, 0.1) is 0 Å². The number of carbonyl (C=O) groups is 3. The van der Waals surface area contributed by atoms with Crippen molar-refractivity contribution in [1.29, 1.82) is 0 Å². The van der Waals surface area contributed by atoms with Crippen LogP contribution in [0.25, 0.3) is 10.4 Å². The number of benzene rings is 2. The maximum atomic E-state index is 14.2. The van der Waals surface area contributed by atoms with E-state index in [1.165, 1.54) is 6.92 Å². The van der Waals surface area contributed by atoms with Gasteiger partial charge in [-0.15, -0.1) is 11.3 Å². The van der Waals surface area contributed by atoms with Crippen LogP contribution in [-0.2, 0) is 39.8 Å². The quantitative estimate of drug-likeness (QED) is 0.246. The van der Waals surface area contributed by atoms with Gasteiger partial charge >= 0.3 is 17.9 Å². The Kier molecular flexibility index (Phi) is 9.37. The number of ether oxygens (including phenoxy) is 4. The third kappa shape index (κ3) is 7.03. The molecule has 1 unspecified atom stereocenters. The lowest BCUT2D eigenvalue weighted by Gasteiger charge is -2.44. The maximum Gasteiger partial charge on any atom is 0.303 e. The highest BCUT2D eigenvalue weighted by atomic mass is 35.5. The predicted octanol–water partition coefficient (Wildman–Crippen LogP) is 5.86. The summed E-state index contributed by atoms with van der Waals surface area (Å²) in [5, 5.41) is 0.518. The Balaban J connectivity index is 1.68. The lowest BCUT2D eigenvalue weighted by Crippen LogP contribution is -2.59. The molecule has 1 fully saturated rings. The van der Waals surface area contributed by atoms with Crippen molar-refractivity contribution < 1.29 is 37.7 Å². The monoisotopic (exact) mass is 574 g/mol. The summed E-state index contributed by atoms with van der Waals surface area (Å²) < 4.78 is 36.4. The number of hydrogen-bond acceptors (Lipinski definition) is 8. The number of rotatable bonds is 8. The van der Waals surface area contributed by atoms with Crippen LogP contribution in [-0.4, -0.2) is 49.0 Å². The molecule has 1 aliphatic heterocycles. The Morgan fingerprint density at radius 2 is 1.51 bits per heavy atom. The second-order valence-corrected chi connectivity index (χ2v) is 10.7. The smallest absolute Gasteiger partial charge is 0.303 e. The minimum Gasteiger partial charge on any atom is -0.456 e. The molecule has 10 heteroatoms. The zero-order valence-corrected chi connectivity index (χ0v) is 23.2. The summed E-state index contributed by atoms with van der Waals surface area (Å²) in [7, 11) is 0. The van der Waals surface area contributed by atoms with Crippen LogP contribution in [0, 0.1) is 0 Å². The van der Waals surface area contributed by atoms with Gasteiger partial charge in [0.2, 0.25) is 0 Å². The minimum absolute atomic E-state index is 0.518. The Labute approximate surface area is 234 Å². The van der Waals surface area contributed by atoms with Gasteiger partial charge in [0.15, 0.2) is 18.3 Å². The van der Waals surface area contributed by atoms with Gasteiger partial charge in [-0.3, -0.25) is 14.4 Å². The van der Waals surface area contributed by atoms with E-state index in [9.17, 15) is 18.8 Å². The van der Waals surface area contributed by atoms with E-state index in [4.69, 9.17) is 30.5 Å². The lowest BCUT2D eigenvalue weighted by molar-refractivity contribution is -0.250. The molecule has 0 amide bonds. The van der Waals surface area contributed by atoms with Crippen LogP contribution < -0.4 is 0 Å². The maximum absolute atomic E-state index is 14.2. The van der Waals surface area contributed by atoms with Crippen LogP contribution >= 0.6 is 22.9 Å². The second kappa shape index (κ2) is 12.7. The first-order valence-electron chi connectivity index (χ1n) is 12.3. The Bertz CT molecular complexity index is 1330. The van der Waals surface area contributed by atoms with Crippen LogP contribution in [0.1, 0.15) is 42.9 Å². The Morgan fingerprint density at radius 1 is 0.872 bits per heavy atom. The van der Waals surface area contributed by atoms with Crippen LogP contribution in [0.3, 0.4) is 0 Å². The first-order valence-corrected chi connectivity index (χ1v) is 13.5. The van der Waals surface area contributed by atoms with Gasteiger partial charge in [0.1, 0.15) is 18.9 Å². The number of halogens is 2. The van der Waals surface area contributed by atoms with Crippen molar-refractivity contribution in [3.63, 3.8) is 0 Å². The molecule has 0 N–H and O–H groups in total. The zero-order chi connectivity index (χ0) is 28.1. The number of alkyl halides is 1. The van der Waals surface area contributed by atoms with Crippen LogP contribution in [0.5, 0.6) is 0 Å². The molecule has 2 heterocycles. The average molecular weight is 575 g/mol. The van der Waals surface area contributed by atoms with E-state index in [2.05, 4.69) is 6.07 Å². The topological polar surface area (TPSA) is 88.1 Å². The molecule has 0 aliphatic carbocycles. The summed E-state index contributed by atoms with van der Waals surface area (Å²) >= 11 is 8.20. The van der Waals surface area contributed by atoms with Crippen LogP contribution in [0.15, 0.2) is 60.7 Å². The van der Waals surface area contributed by atoms with Crippen molar-refractivity contribution >= 4 is 40.8 Å². The molecule has 5 atom stereocenters. The fourth-order valence-electron chi connectivity index (χ4n) is 4.61. The SMILES string of the molecule is CC(=O)O[C@H]1[C@H](OC(C)=O)[C@@H](OC(C)=O)C(c2ccc(Cl)c(Cc3ccc(-c4ccccc4)s3)c2)O[C@@H]1CF. The average Bonchev–Trinajstić information content (AvgIpc) is 3.36. The van der Waals surface area contributed by atoms with Crippen molar-refractivity contribution in [3.8, 4) is 10.4 Å². The normalized spacial score (nSPS) is 22.6. The fraction of sp³-hybridized carbons (Fsp3) is 0.345. The molecule has 0 spiro atoms. The van der Waals surface area contributed by atoms with Gasteiger partial charge in [0, 0.05) is 42.0 Å². The number of carbonyl (C=O) groups excluding carboxylic acids is 3. The van der Waals surface area contributed by atoms with E-state index in [0.717, 1.165) is 34.7 Å². The summed E-state index contributed by atoms with van der Waals surface area (Å²) in [5.41, 5.74) is 2.44. The van der Waals surface area contributed by atoms with Gasteiger partial charge < -0.3 is 18.9 Å². The molecule has 0 radical (unpaired) electrons. The van der Waals surface area contributed by atoms with E-state index >= 15 is 0 Å². The fourth-order valence-corrected chi connectivity index (χ4v) is 5.83. The van der Waals surface area contributed by atoms with E-state index in [0.29, 0.717) is 17.0 Å². The molecule has 1 aromatic heterocycles. The van der Waals surface area contributed by atoms with E-state index in [1.807, 2.05) is 36.4 Å². The van der Waals surface area contributed by atoms with E-state index < -0.39 is 55.1 Å². The van der Waals surface area contributed by atoms with Gasteiger partial charge in [0.25, 0.3) is 0 Å². The van der Waals surface area contributed by atoms with Gasteiger partial charge in [-0.05, 0) is 34.9 Å².